The van der Waals surface area contributed by atoms with Crippen molar-refractivity contribution in [3.63, 3.8) is 0 Å². The van der Waals surface area contributed by atoms with E-state index >= 15 is 0 Å². The smallest absolute Gasteiger partial charge is 0.253 e. The van der Waals surface area contributed by atoms with Crippen molar-refractivity contribution < 1.29 is 4.79 Å². The zero-order valence-corrected chi connectivity index (χ0v) is 12.5. The van der Waals surface area contributed by atoms with Gasteiger partial charge in [0.25, 0.3) is 5.91 Å². The molecule has 0 saturated carbocycles. The molecule has 0 radical (unpaired) electrons. The van der Waals surface area contributed by atoms with Gasteiger partial charge in [-0.3, -0.25) is 9.59 Å². The highest BCUT2D eigenvalue weighted by Gasteiger charge is 2.23. The number of H-pyrrole nitrogens is 1. The molecule has 0 fully saturated rings. The molecule has 114 valence electrons. The van der Waals surface area contributed by atoms with E-state index in [0.29, 0.717) is 11.1 Å². The molecule has 0 aliphatic heterocycles. The summed E-state index contributed by atoms with van der Waals surface area (Å²) < 4.78 is 0. The number of carbonyl (C=O) groups is 1. The minimum atomic E-state index is -0.201. The topological polar surface area (TPSA) is 88.0 Å². The molecule has 0 bridgehead atoms. The molecule has 0 saturated heterocycles. The number of fused-ring (bicyclic) bond motifs is 1. The van der Waals surface area contributed by atoms with Crippen molar-refractivity contribution in [2.45, 2.75) is 32.2 Å². The maximum absolute atomic E-state index is 12.5. The van der Waals surface area contributed by atoms with E-state index in [2.05, 4.69) is 10.3 Å². The molecular weight excluding hydrogens is 278 g/mol. The van der Waals surface area contributed by atoms with Gasteiger partial charge in [-0.2, -0.15) is 0 Å². The third kappa shape index (κ3) is 2.74. The summed E-state index contributed by atoms with van der Waals surface area (Å²) in [6, 6.07) is 7.27. The van der Waals surface area contributed by atoms with E-state index in [1.807, 2.05) is 18.2 Å². The molecule has 5 heteroatoms. The van der Waals surface area contributed by atoms with Crippen molar-refractivity contribution in [1.29, 1.82) is 0 Å². The highest BCUT2D eigenvalue weighted by Crippen LogP contribution is 2.31. The van der Waals surface area contributed by atoms with Crippen LogP contribution in [0.25, 0.3) is 0 Å². The van der Waals surface area contributed by atoms with Crippen molar-refractivity contribution in [2.24, 2.45) is 0 Å². The molecule has 1 atom stereocenters. The van der Waals surface area contributed by atoms with E-state index in [9.17, 15) is 9.59 Å². The van der Waals surface area contributed by atoms with Crippen LogP contribution in [-0.4, -0.2) is 10.9 Å². The summed E-state index contributed by atoms with van der Waals surface area (Å²) in [7, 11) is 0. The Hall–Kier alpha value is -2.56. The van der Waals surface area contributed by atoms with Gasteiger partial charge >= 0.3 is 0 Å². The number of anilines is 1. The number of hydrogen-bond acceptors (Lipinski definition) is 3. The minimum Gasteiger partial charge on any atom is -0.399 e. The molecule has 5 nitrogen and oxygen atoms in total. The monoisotopic (exact) mass is 297 g/mol. The first-order chi connectivity index (χ1) is 10.5. The number of aromatic nitrogens is 1. The van der Waals surface area contributed by atoms with Crippen LogP contribution in [0.5, 0.6) is 0 Å². The largest absolute Gasteiger partial charge is 0.399 e. The Labute approximate surface area is 128 Å². The van der Waals surface area contributed by atoms with Crippen LogP contribution < -0.4 is 16.6 Å². The molecule has 22 heavy (non-hydrogen) atoms. The average Bonchev–Trinajstić information content (AvgIpc) is 2.47. The quantitative estimate of drug-likeness (QED) is 0.741. The number of rotatable bonds is 2. The van der Waals surface area contributed by atoms with E-state index < -0.39 is 0 Å². The number of aryl methyl sites for hydroxylation is 2. The first kappa shape index (κ1) is 14.4. The van der Waals surface area contributed by atoms with Crippen LogP contribution in [0.4, 0.5) is 5.69 Å². The zero-order chi connectivity index (χ0) is 15.7. The molecule has 1 amide bonds. The van der Waals surface area contributed by atoms with Crippen LogP contribution in [0, 0.1) is 6.92 Å². The number of benzene rings is 1. The molecule has 1 aliphatic carbocycles. The second-order valence-electron chi connectivity index (χ2n) is 5.77. The van der Waals surface area contributed by atoms with Crippen LogP contribution in [0.15, 0.2) is 35.3 Å². The summed E-state index contributed by atoms with van der Waals surface area (Å²) in [5.74, 6) is -0.163. The minimum absolute atomic E-state index is 0.0109. The van der Waals surface area contributed by atoms with E-state index in [1.165, 1.54) is 17.8 Å². The van der Waals surface area contributed by atoms with Crippen molar-refractivity contribution in [1.82, 2.24) is 10.3 Å². The van der Waals surface area contributed by atoms with E-state index in [4.69, 9.17) is 5.73 Å². The van der Waals surface area contributed by atoms with Gasteiger partial charge in [0.2, 0.25) is 5.56 Å². The van der Waals surface area contributed by atoms with Gasteiger partial charge in [0.1, 0.15) is 0 Å². The molecule has 1 aromatic carbocycles. The number of carbonyl (C=O) groups excluding carboxylic acids is 1. The number of nitrogen functional groups attached to an aromatic ring is 1. The number of nitrogens with two attached hydrogens (primary N) is 1. The molecule has 1 aromatic heterocycles. The van der Waals surface area contributed by atoms with E-state index in [0.717, 1.165) is 30.5 Å². The Morgan fingerprint density at radius 3 is 2.95 bits per heavy atom. The van der Waals surface area contributed by atoms with Crippen LogP contribution in [0.1, 0.15) is 45.9 Å². The van der Waals surface area contributed by atoms with Crippen LogP contribution in [0.2, 0.25) is 0 Å². The zero-order valence-electron chi connectivity index (χ0n) is 12.5. The highest BCUT2D eigenvalue weighted by atomic mass is 16.2. The fraction of sp³-hybridized carbons (Fsp3) is 0.294. The average molecular weight is 297 g/mol. The van der Waals surface area contributed by atoms with Crippen molar-refractivity contribution >= 4 is 11.6 Å². The normalized spacial score (nSPS) is 16.9. The fourth-order valence-corrected chi connectivity index (χ4v) is 3.04. The number of hydrogen-bond donors (Lipinski definition) is 3. The van der Waals surface area contributed by atoms with Gasteiger partial charge in [-0.1, -0.05) is 6.07 Å². The Morgan fingerprint density at radius 2 is 2.18 bits per heavy atom. The summed E-state index contributed by atoms with van der Waals surface area (Å²) in [6.45, 7) is 1.76. The first-order valence-corrected chi connectivity index (χ1v) is 7.43. The van der Waals surface area contributed by atoms with Gasteiger partial charge in [0, 0.05) is 18.0 Å². The molecule has 0 spiro atoms. The summed E-state index contributed by atoms with van der Waals surface area (Å²) in [5.41, 5.74) is 9.90. The van der Waals surface area contributed by atoms with Gasteiger partial charge in [0.15, 0.2) is 0 Å². The van der Waals surface area contributed by atoms with Gasteiger partial charge in [-0.15, -0.1) is 0 Å². The lowest BCUT2D eigenvalue weighted by molar-refractivity contribution is 0.0931. The maximum Gasteiger partial charge on any atom is 0.253 e. The van der Waals surface area contributed by atoms with Gasteiger partial charge in [-0.25, -0.2) is 0 Å². The predicted molar refractivity (Wildman–Crippen MR) is 85.8 cm³/mol. The standard InChI is InChI=1S/C17H19N3O2/c1-10-7-16(21)19-9-14(10)17(22)20-15-4-2-3-11-8-12(18)5-6-13(11)15/h5-9,15H,2-4,18H2,1H3,(H,19,21)(H,20,22). The number of aromatic amines is 1. The molecule has 3 rings (SSSR count). The Kier molecular flexibility index (Phi) is 3.71. The summed E-state index contributed by atoms with van der Waals surface area (Å²) in [4.78, 5) is 26.3. The predicted octanol–water partition coefficient (Wildman–Crippen LogP) is 2.07. The molecule has 1 aliphatic rings. The lowest BCUT2D eigenvalue weighted by atomic mass is 9.87. The Morgan fingerprint density at radius 1 is 1.36 bits per heavy atom. The number of pyridine rings is 1. The van der Waals surface area contributed by atoms with Crippen molar-refractivity contribution in [3.8, 4) is 0 Å². The summed E-state index contributed by atoms with van der Waals surface area (Å²) >= 11 is 0. The van der Waals surface area contributed by atoms with Crippen molar-refractivity contribution in [3.05, 3.63) is 63.1 Å². The van der Waals surface area contributed by atoms with Gasteiger partial charge in [0.05, 0.1) is 11.6 Å². The third-order valence-electron chi connectivity index (χ3n) is 4.16. The highest BCUT2D eigenvalue weighted by molar-refractivity contribution is 5.95. The first-order valence-electron chi connectivity index (χ1n) is 7.43. The lowest BCUT2D eigenvalue weighted by Gasteiger charge is -2.27. The van der Waals surface area contributed by atoms with E-state index in [-0.39, 0.29) is 17.5 Å². The van der Waals surface area contributed by atoms with Gasteiger partial charge in [-0.05, 0) is 55.0 Å². The molecule has 4 N–H and O–H groups in total. The van der Waals surface area contributed by atoms with Crippen LogP contribution >= 0.6 is 0 Å². The third-order valence-corrected chi connectivity index (χ3v) is 4.16. The van der Waals surface area contributed by atoms with Crippen LogP contribution in [0.3, 0.4) is 0 Å². The fourth-order valence-electron chi connectivity index (χ4n) is 3.04. The molecule has 1 heterocycles. The number of amides is 1. The summed E-state index contributed by atoms with van der Waals surface area (Å²) in [6.07, 6.45) is 4.39. The molecular formula is C17H19N3O2. The Bertz CT molecular complexity index is 780. The molecule has 2 aromatic rings. The van der Waals surface area contributed by atoms with Crippen LogP contribution in [-0.2, 0) is 6.42 Å². The van der Waals surface area contributed by atoms with E-state index in [1.54, 1.807) is 6.92 Å². The second kappa shape index (κ2) is 5.67. The Balaban J connectivity index is 1.85. The lowest BCUT2D eigenvalue weighted by Crippen LogP contribution is -2.32. The summed E-state index contributed by atoms with van der Waals surface area (Å²) in [5, 5.41) is 3.07. The van der Waals surface area contributed by atoms with Gasteiger partial charge < -0.3 is 16.0 Å². The molecule has 1 unspecified atom stereocenters. The SMILES string of the molecule is Cc1cc(=O)[nH]cc1C(=O)NC1CCCc2cc(N)ccc21. The van der Waals surface area contributed by atoms with Crippen molar-refractivity contribution in [2.75, 3.05) is 5.73 Å². The maximum atomic E-state index is 12.5. The second-order valence-corrected chi connectivity index (χ2v) is 5.77. The number of nitrogens with one attached hydrogen (secondary N) is 2.